The van der Waals surface area contributed by atoms with Crippen LogP contribution in [0.1, 0.15) is 171 Å². The van der Waals surface area contributed by atoms with Gasteiger partial charge in [-0.2, -0.15) is 13.2 Å². The molecule has 3 aliphatic rings. The van der Waals surface area contributed by atoms with Crippen LogP contribution in [-0.4, -0.2) is 85.5 Å². The van der Waals surface area contributed by atoms with Gasteiger partial charge in [0, 0.05) is 49.3 Å². The van der Waals surface area contributed by atoms with E-state index >= 15 is 0 Å². The first kappa shape index (κ1) is 59.0. The molecule has 0 aromatic rings. The van der Waals surface area contributed by atoms with Crippen molar-refractivity contribution in [3.63, 3.8) is 0 Å². The maximum absolute atomic E-state index is 12.6. The number of halogens is 3. The Morgan fingerprint density at radius 3 is 1.51 bits per heavy atom. The Hall–Kier alpha value is -2.27. The Morgan fingerprint density at radius 1 is 0.825 bits per heavy atom. The van der Waals surface area contributed by atoms with Gasteiger partial charge in [0.2, 0.25) is 5.91 Å². The van der Waals surface area contributed by atoms with Gasteiger partial charge in [-0.25, -0.2) is 0 Å². The molecule has 11 heteroatoms. The standard InChI is InChI=1S/C12H18F3NO2.C8H15N.2C7H15NO.C6H14.C6H12/c1-10(2,3)9-16(8(17)12(13,14)15)6-11(4-5-11)7-18-9;1-8(2,3)6-9-7-4-5-7;1-6(9)8-5-7(2,3)4;1-7(2,3)6-8-4-5-9;2*1-5-6(2,3)4/h9H,4-7H2,1-3H3;6-7H,4-5H2,1-3H3;5H2,1-4H3,(H,8,9);6,9H,4-5H2,1-3H3;5H2,1-4H3;5H,1H2,2-4H3. The van der Waals surface area contributed by atoms with Gasteiger partial charge in [0.25, 0.3) is 0 Å². The number of ether oxygens (including phenoxy) is 1. The summed E-state index contributed by atoms with van der Waals surface area (Å²) in [6.07, 6.45) is 5.81. The van der Waals surface area contributed by atoms with Crippen molar-refractivity contribution < 1.29 is 32.6 Å². The van der Waals surface area contributed by atoms with Gasteiger partial charge in [0.1, 0.15) is 6.23 Å². The fraction of sp³-hybridized carbons (Fsp3) is 0.870. The highest BCUT2D eigenvalue weighted by Crippen LogP contribution is 2.51. The molecule has 3 rings (SSSR count). The number of carbonyl (C=O) groups is 2. The molecule has 338 valence electrons. The normalized spacial score (nSPS) is 18.2. The van der Waals surface area contributed by atoms with Crippen LogP contribution in [0.25, 0.3) is 0 Å². The van der Waals surface area contributed by atoms with Crippen LogP contribution in [0.2, 0.25) is 0 Å². The predicted molar refractivity (Wildman–Crippen MR) is 237 cm³/mol. The van der Waals surface area contributed by atoms with Crippen molar-refractivity contribution in [3.05, 3.63) is 12.7 Å². The van der Waals surface area contributed by atoms with Crippen LogP contribution in [-0.2, 0) is 14.3 Å². The fourth-order valence-corrected chi connectivity index (χ4v) is 3.71. The van der Waals surface area contributed by atoms with Gasteiger partial charge < -0.3 is 20.1 Å². The monoisotopic (exact) mass is 819 g/mol. The van der Waals surface area contributed by atoms with Crippen LogP contribution in [0.15, 0.2) is 22.6 Å². The fourth-order valence-electron chi connectivity index (χ4n) is 3.71. The van der Waals surface area contributed by atoms with Gasteiger partial charge in [-0.05, 0) is 52.8 Å². The van der Waals surface area contributed by atoms with E-state index in [0.29, 0.717) is 30.0 Å². The summed E-state index contributed by atoms with van der Waals surface area (Å²) in [5, 5.41) is 11.1. The second kappa shape index (κ2) is 24.7. The summed E-state index contributed by atoms with van der Waals surface area (Å²) in [4.78, 5) is 31.1. The Morgan fingerprint density at radius 2 is 1.26 bits per heavy atom. The van der Waals surface area contributed by atoms with Crippen LogP contribution in [0.3, 0.4) is 0 Å². The summed E-state index contributed by atoms with van der Waals surface area (Å²) in [7, 11) is 0. The molecular weight excluding hydrogens is 730 g/mol. The lowest BCUT2D eigenvalue weighted by atomic mass is 9.90. The van der Waals surface area contributed by atoms with Crippen molar-refractivity contribution in [1.29, 1.82) is 0 Å². The number of amides is 2. The van der Waals surface area contributed by atoms with Crippen LogP contribution < -0.4 is 5.32 Å². The summed E-state index contributed by atoms with van der Waals surface area (Å²) in [5.41, 5.74) is 0.726. The van der Waals surface area contributed by atoms with Gasteiger partial charge in [0.15, 0.2) is 0 Å². The number of rotatable bonds is 4. The molecule has 1 aliphatic heterocycles. The van der Waals surface area contributed by atoms with Gasteiger partial charge in [-0.3, -0.25) is 19.6 Å². The van der Waals surface area contributed by atoms with Crippen LogP contribution in [0.4, 0.5) is 13.2 Å². The lowest BCUT2D eigenvalue weighted by molar-refractivity contribution is -0.222. The Bertz CT molecular complexity index is 1200. The molecule has 1 heterocycles. The molecule has 2 N–H and O–H groups in total. The molecule has 1 spiro atoms. The van der Waals surface area contributed by atoms with Crippen molar-refractivity contribution in [1.82, 2.24) is 10.2 Å². The summed E-state index contributed by atoms with van der Waals surface area (Å²) < 4.78 is 43.4. The average molecular weight is 819 g/mol. The molecule has 0 aromatic heterocycles. The van der Waals surface area contributed by atoms with E-state index in [1.165, 1.54) is 26.2 Å². The van der Waals surface area contributed by atoms with Crippen LogP contribution in [0, 0.1) is 37.9 Å². The maximum Gasteiger partial charge on any atom is 0.471 e. The highest BCUT2D eigenvalue weighted by atomic mass is 19.4. The van der Waals surface area contributed by atoms with E-state index in [9.17, 15) is 22.8 Å². The first-order valence-corrected chi connectivity index (χ1v) is 20.8. The number of hydrogen-bond donors (Lipinski definition) is 2. The van der Waals surface area contributed by atoms with Gasteiger partial charge >= 0.3 is 12.1 Å². The number of alkyl halides is 3. The number of aliphatic hydroxyl groups excluding tert-OH is 1. The van der Waals surface area contributed by atoms with Crippen molar-refractivity contribution in [2.24, 2.45) is 47.9 Å². The molecule has 8 nitrogen and oxygen atoms in total. The van der Waals surface area contributed by atoms with Crippen LogP contribution >= 0.6 is 0 Å². The average Bonchev–Trinajstić information content (AvgIpc) is 3.95. The predicted octanol–water partition coefficient (Wildman–Crippen LogP) is 11.8. The number of nitrogens with one attached hydrogen (secondary N) is 1. The second-order valence-corrected chi connectivity index (χ2v) is 22.4. The molecule has 2 aliphatic carbocycles. The molecule has 1 atom stereocenters. The highest BCUT2D eigenvalue weighted by Gasteiger charge is 2.56. The van der Waals surface area contributed by atoms with E-state index in [1.54, 1.807) is 20.8 Å². The van der Waals surface area contributed by atoms with Crippen molar-refractivity contribution in [3.8, 4) is 0 Å². The molecule has 0 radical (unpaired) electrons. The SMILES string of the molecule is C=CC(C)(C)C.CC(=O)NCC(C)(C)C.CC(C)(C)C1OCC2(CC2)CN1C(=O)C(F)(F)F.CC(C)(C)C=NC1CC1.CC(C)(C)C=NCCO.CCC(C)(C)C. The minimum absolute atomic E-state index is 0.0462. The largest absolute Gasteiger partial charge is 0.471 e. The number of carbonyl (C=O) groups excluding carboxylic acids is 2. The molecule has 0 bridgehead atoms. The van der Waals surface area contributed by atoms with Gasteiger partial charge in [0.05, 0.1) is 19.8 Å². The minimum atomic E-state index is -4.83. The minimum Gasteiger partial charge on any atom is -0.394 e. The number of aliphatic imine (C=N–C) groups is 2. The first-order chi connectivity index (χ1) is 25.2. The third-order valence-corrected chi connectivity index (χ3v) is 8.01. The highest BCUT2D eigenvalue weighted by molar-refractivity contribution is 5.82. The number of nitrogens with zero attached hydrogens (tertiary/aromatic N) is 3. The molecule has 1 saturated heterocycles. The lowest BCUT2D eigenvalue weighted by Crippen LogP contribution is -2.58. The Balaban J connectivity index is -0.000000650. The van der Waals surface area contributed by atoms with Crippen molar-refractivity contribution in [2.75, 3.05) is 32.8 Å². The Labute approximate surface area is 348 Å². The second-order valence-electron chi connectivity index (χ2n) is 22.4. The molecular formula is C46H89F3N4O4. The van der Waals surface area contributed by atoms with E-state index in [0.717, 1.165) is 24.3 Å². The molecule has 1 unspecified atom stereocenters. The smallest absolute Gasteiger partial charge is 0.394 e. The van der Waals surface area contributed by atoms with E-state index in [1.807, 2.05) is 12.3 Å². The lowest BCUT2D eigenvalue weighted by Gasteiger charge is -2.45. The molecule has 3 fully saturated rings. The van der Waals surface area contributed by atoms with Gasteiger partial charge in [-0.15, -0.1) is 6.58 Å². The summed E-state index contributed by atoms with van der Waals surface area (Å²) >= 11 is 0. The molecule has 57 heavy (non-hydrogen) atoms. The number of aliphatic hydroxyl groups is 1. The van der Waals surface area contributed by atoms with Crippen molar-refractivity contribution in [2.45, 2.75) is 189 Å². The third-order valence-electron chi connectivity index (χ3n) is 8.01. The van der Waals surface area contributed by atoms with E-state index < -0.39 is 23.7 Å². The van der Waals surface area contributed by atoms with E-state index in [2.05, 4.69) is 139 Å². The number of allylic oxidation sites excluding steroid dienone is 1. The quantitative estimate of drug-likeness (QED) is 0.218. The zero-order valence-electron chi connectivity index (χ0n) is 40.3. The van der Waals surface area contributed by atoms with Crippen LogP contribution in [0.5, 0.6) is 0 Å². The summed E-state index contributed by atoms with van der Waals surface area (Å²) in [6.45, 7) is 46.9. The van der Waals surface area contributed by atoms with E-state index in [4.69, 9.17) is 9.84 Å². The van der Waals surface area contributed by atoms with E-state index in [-0.39, 0.29) is 40.7 Å². The zero-order chi connectivity index (χ0) is 45.9. The topological polar surface area (TPSA) is 104 Å². The summed E-state index contributed by atoms with van der Waals surface area (Å²) in [5.74, 6) is -1.74. The number of hydrogen-bond acceptors (Lipinski definition) is 6. The van der Waals surface area contributed by atoms with Gasteiger partial charge in [-0.1, -0.05) is 144 Å². The first-order valence-electron chi connectivity index (χ1n) is 20.8. The third kappa shape index (κ3) is 39.0. The summed E-state index contributed by atoms with van der Waals surface area (Å²) in [6, 6.07) is 0.684. The molecule has 2 amide bonds. The zero-order valence-corrected chi connectivity index (χ0v) is 40.3. The Kier molecular flexibility index (Phi) is 25.6. The maximum atomic E-state index is 12.6. The molecule has 2 saturated carbocycles. The van der Waals surface area contributed by atoms with Crippen molar-refractivity contribution >= 4 is 24.2 Å². The molecule has 0 aromatic carbocycles.